The van der Waals surface area contributed by atoms with Gasteiger partial charge in [-0.2, -0.15) is 0 Å². The average Bonchev–Trinajstić information content (AvgIpc) is 3.14. The van der Waals surface area contributed by atoms with Crippen LogP contribution in [0.5, 0.6) is 11.5 Å². The van der Waals surface area contributed by atoms with Gasteiger partial charge in [-0.1, -0.05) is 46.7 Å². The summed E-state index contributed by atoms with van der Waals surface area (Å²) in [5, 5.41) is 0.782. The molecule has 0 amide bonds. The fourth-order valence-electron chi connectivity index (χ4n) is 3.88. The second-order valence-corrected chi connectivity index (χ2v) is 9.54. The first-order valence-corrected chi connectivity index (χ1v) is 12.1. The van der Waals surface area contributed by atoms with Gasteiger partial charge in [0.1, 0.15) is 0 Å². The number of fused-ring (bicyclic) bond motifs is 1. The molecule has 2 heterocycles. The lowest BCUT2D eigenvalue weighted by molar-refractivity contribution is -0.136. The summed E-state index contributed by atoms with van der Waals surface area (Å²) in [6.07, 6.45) is 1.60. The highest BCUT2D eigenvalue weighted by Gasteiger charge is 2.33. The fraction of sp³-hybridized carbons (Fsp3) is 0.200. The van der Waals surface area contributed by atoms with Crippen LogP contribution in [0.4, 0.5) is 0 Å². The van der Waals surface area contributed by atoms with Gasteiger partial charge in [0.05, 0.1) is 36.1 Å². The molecule has 1 aliphatic rings. The monoisotopic (exact) mass is 546 g/mol. The quantitative estimate of drug-likeness (QED) is 0.358. The summed E-state index contributed by atoms with van der Waals surface area (Å²) in [6, 6.07) is 8.98. The molecule has 11 heteroatoms. The van der Waals surface area contributed by atoms with Crippen LogP contribution < -0.4 is 24.4 Å². The van der Waals surface area contributed by atoms with Crippen LogP contribution in [0.1, 0.15) is 31.0 Å². The Morgan fingerprint density at radius 3 is 2.42 bits per heavy atom. The number of thiazole rings is 1. The van der Waals surface area contributed by atoms with E-state index in [-0.39, 0.29) is 17.1 Å². The average molecular weight is 547 g/mol. The first-order chi connectivity index (χ1) is 17.2. The first-order valence-electron chi connectivity index (χ1n) is 10.6. The molecule has 1 aromatic heterocycles. The van der Waals surface area contributed by atoms with Crippen molar-refractivity contribution in [2.75, 3.05) is 14.2 Å². The van der Waals surface area contributed by atoms with Crippen LogP contribution in [0.25, 0.3) is 6.08 Å². The summed E-state index contributed by atoms with van der Waals surface area (Å²) in [7, 11) is 2.68. The summed E-state index contributed by atoms with van der Waals surface area (Å²) in [5.74, 6) is -0.688. The van der Waals surface area contributed by atoms with Gasteiger partial charge in [0.15, 0.2) is 16.3 Å². The summed E-state index contributed by atoms with van der Waals surface area (Å²) < 4.78 is 17.4. The van der Waals surface area contributed by atoms with Gasteiger partial charge in [0.25, 0.3) is 5.56 Å². The van der Waals surface area contributed by atoms with Gasteiger partial charge >= 0.3 is 11.9 Å². The van der Waals surface area contributed by atoms with Crippen molar-refractivity contribution in [1.29, 1.82) is 0 Å². The van der Waals surface area contributed by atoms with Gasteiger partial charge in [0.2, 0.25) is 0 Å². The topological polar surface area (TPSA) is 96.2 Å². The molecule has 0 aliphatic carbocycles. The molecular weight excluding hydrogens is 527 g/mol. The Balaban J connectivity index is 1.99. The number of carbonyl (C=O) groups is 2. The van der Waals surface area contributed by atoms with E-state index in [0.717, 1.165) is 11.3 Å². The number of allylic oxidation sites excluding steroid dienone is 1. The molecule has 1 aliphatic heterocycles. The molecular formula is C25H20Cl2N2O6S. The van der Waals surface area contributed by atoms with Crippen molar-refractivity contribution in [2.24, 2.45) is 4.99 Å². The molecule has 1 atom stereocenters. The van der Waals surface area contributed by atoms with Crippen LogP contribution in [-0.4, -0.2) is 30.7 Å². The number of carbonyl (C=O) groups excluding carboxylic acids is 2. The second-order valence-electron chi connectivity index (χ2n) is 7.71. The molecule has 8 nitrogen and oxygen atoms in total. The van der Waals surface area contributed by atoms with Gasteiger partial charge in [-0.3, -0.25) is 14.2 Å². The van der Waals surface area contributed by atoms with Crippen molar-refractivity contribution >= 4 is 52.6 Å². The number of methoxy groups -OCH3 is 2. The number of hydrogen-bond acceptors (Lipinski definition) is 8. The van der Waals surface area contributed by atoms with E-state index in [1.54, 1.807) is 49.4 Å². The van der Waals surface area contributed by atoms with Gasteiger partial charge in [-0.25, -0.2) is 9.79 Å². The Bertz CT molecular complexity index is 1590. The predicted molar refractivity (Wildman–Crippen MR) is 137 cm³/mol. The zero-order chi connectivity index (χ0) is 26.1. The molecule has 1 unspecified atom stereocenters. The van der Waals surface area contributed by atoms with Gasteiger partial charge < -0.3 is 14.2 Å². The SMILES string of the molecule is COC(=O)C1=C(C)N=c2s/c(=C\c3c(Cl)cccc3Cl)c(=O)n2C1c1ccc(OC(C)=O)c(OC)c1. The number of rotatable bonds is 5. The lowest BCUT2D eigenvalue weighted by atomic mass is 9.95. The van der Waals surface area contributed by atoms with E-state index >= 15 is 0 Å². The number of benzene rings is 2. The third-order valence-corrected chi connectivity index (χ3v) is 7.10. The van der Waals surface area contributed by atoms with Crippen LogP contribution in [0.2, 0.25) is 10.0 Å². The lowest BCUT2D eigenvalue weighted by Gasteiger charge is -2.25. The van der Waals surface area contributed by atoms with E-state index < -0.39 is 23.5 Å². The largest absolute Gasteiger partial charge is 0.493 e. The van der Waals surface area contributed by atoms with Gasteiger partial charge in [-0.15, -0.1) is 0 Å². The highest BCUT2D eigenvalue weighted by molar-refractivity contribution is 7.07. The minimum absolute atomic E-state index is 0.189. The number of aromatic nitrogens is 1. The molecule has 4 rings (SSSR count). The maximum Gasteiger partial charge on any atom is 0.338 e. The normalized spacial score (nSPS) is 15.3. The van der Waals surface area contributed by atoms with E-state index in [4.69, 9.17) is 37.4 Å². The number of esters is 2. The number of hydrogen-bond donors (Lipinski definition) is 0. The molecule has 0 radical (unpaired) electrons. The minimum atomic E-state index is -0.877. The molecule has 0 N–H and O–H groups in total. The van der Waals surface area contributed by atoms with Crippen molar-refractivity contribution in [1.82, 2.24) is 4.57 Å². The van der Waals surface area contributed by atoms with E-state index in [9.17, 15) is 14.4 Å². The fourth-order valence-corrected chi connectivity index (χ4v) is 5.42. The lowest BCUT2D eigenvalue weighted by Crippen LogP contribution is -2.39. The minimum Gasteiger partial charge on any atom is -0.493 e. The molecule has 0 bridgehead atoms. The Labute approximate surface area is 219 Å². The number of ether oxygens (including phenoxy) is 3. The van der Waals surface area contributed by atoms with Crippen molar-refractivity contribution in [3.8, 4) is 11.5 Å². The molecule has 3 aromatic rings. The Hall–Kier alpha value is -3.40. The van der Waals surface area contributed by atoms with Gasteiger partial charge in [0, 0.05) is 22.5 Å². The highest BCUT2D eigenvalue weighted by Crippen LogP contribution is 2.36. The Morgan fingerprint density at radius 1 is 1.11 bits per heavy atom. The summed E-state index contributed by atoms with van der Waals surface area (Å²) >= 11 is 13.8. The van der Waals surface area contributed by atoms with Crippen LogP contribution in [0.3, 0.4) is 0 Å². The van der Waals surface area contributed by atoms with Crippen LogP contribution in [0, 0.1) is 0 Å². The number of nitrogens with zero attached hydrogens (tertiary/aromatic N) is 2. The van der Waals surface area contributed by atoms with E-state index in [1.807, 2.05) is 0 Å². The van der Waals surface area contributed by atoms with Crippen LogP contribution in [-0.2, 0) is 14.3 Å². The Kier molecular flexibility index (Phi) is 7.35. The predicted octanol–water partition coefficient (Wildman–Crippen LogP) is 3.65. The molecule has 2 aromatic carbocycles. The van der Waals surface area contributed by atoms with E-state index in [2.05, 4.69) is 4.99 Å². The maximum atomic E-state index is 13.7. The first kappa shape index (κ1) is 25.7. The van der Waals surface area contributed by atoms with Crippen LogP contribution in [0.15, 0.2) is 57.5 Å². The zero-order valence-corrected chi connectivity index (χ0v) is 22.0. The van der Waals surface area contributed by atoms with Crippen molar-refractivity contribution in [2.45, 2.75) is 19.9 Å². The molecule has 0 saturated heterocycles. The molecule has 0 saturated carbocycles. The summed E-state index contributed by atoms with van der Waals surface area (Å²) in [6.45, 7) is 2.95. The van der Waals surface area contributed by atoms with Crippen LogP contribution >= 0.6 is 34.5 Å². The van der Waals surface area contributed by atoms with E-state index in [0.29, 0.717) is 36.2 Å². The van der Waals surface area contributed by atoms with Crippen molar-refractivity contribution in [3.63, 3.8) is 0 Å². The van der Waals surface area contributed by atoms with Crippen molar-refractivity contribution < 1.29 is 23.8 Å². The third-order valence-electron chi connectivity index (χ3n) is 5.46. The number of halogens is 2. The second kappa shape index (κ2) is 10.3. The molecule has 186 valence electrons. The summed E-state index contributed by atoms with van der Waals surface area (Å²) in [5.41, 5.74) is 1.23. The smallest absolute Gasteiger partial charge is 0.338 e. The summed E-state index contributed by atoms with van der Waals surface area (Å²) in [4.78, 5) is 42.9. The molecule has 36 heavy (non-hydrogen) atoms. The standard InChI is InChI=1S/C25H20Cl2N2O6S/c1-12-21(24(32)34-4)22(14-8-9-18(35-13(2)30)19(10-14)33-3)29-23(31)20(36-25(29)28-12)11-15-16(26)6-5-7-17(15)27/h5-11,22H,1-4H3/b20-11-. The third kappa shape index (κ3) is 4.69. The zero-order valence-electron chi connectivity index (χ0n) is 19.6. The van der Waals surface area contributed by atoms with E-state index in [1.165, 1.54) is 25.7 Å². The van der Waals surface area contributed by atoms with Gasteiger partial charge in [-0.05, 0) is 42.8 Å². The molecule has 0 spiro atoms. The maximum absolute atomic E-state index is 13.7. The molecule has 0 fully saturated rings. The Morgan fingerprint density at radius 2 is 1.81 bits per heavy atom. The van der Waals surface area contributed by atoms with Crippen molar-refractivity contribution in [3.05, 3.63) is 88.5 Å². The highest BCUT2D eigenvalue weighted by atomic mass is 35.5.